The van der Waals surface area contributed by atoms with Gasteiger partial charge in [-0.1, -0.05) is 0 Å². The van der Waals surface area contributed by atoms with Crippen LogP contribution in [0.4, 0.5) is 0 Å². The fraction of sp³-hybridized carbons (Fsp3) is 0.250. The van der Waals surface area contributed by atoms with Crippen molar-refractivity contribution in [3.63, 3.8) is 0 Å². The van der Waals surface area contributed by atoms with Crippen molar-refractivity contribution in [2.75, 3.05) is 7.11 Å². The van der Waals surface area contributed by atoms with E-state index in [-0.39, 0.29) is 22.5 Å². The van der Waals surface area contributed by atoms with E-state index in [1.54, 1.807) is 0 Å². The fourth-order valence-corrected chi connectivity index (χ4v) is 0.878. The van der Waals surface area contributed by atoms with Gasteiger partial charge in [-0.3, -0.25) is 9.59 Å². The molecule has 0 saturated heterocycles. The third kappa shape index (κ3) is 1.37. The largest absolute Gasteiger partial charge is 0.491 e. The summed E-state index contributed by atoms with van der Waals surface area (Å²) >= 11 is 0. The smallest absolute Gasteiger partial charge is 0.234 e. The maximum Gasteiger partial charge on any atom is 0.234 e. The zero-order valence-corrected chi connectivity index (χ0v) is 6.88. The fourth-order valence-electron chi connectivity index (χ4n) is 0.878. The van der Waals surface area contributed by atoms with E-state index >= 15 is 0 Å². The minimum absolute atomic E-state index is 0.120. The lowest BCUT2D eigenvalue weighted by Crippen LogP contribution is -2.14. The Kier molecular flexibility index (Phi) is 2.28. The van der Waals surface area contributed by atoms with Crippen molar-refractivity contribution >= 4 is 5.78 Å². The molecule has 0 radical (unpaired) electrons. The van der Waals surface area contributed by atoms with Gasteiger partial charge in [-0.25, -0.2) is 0 Å². The van der Waals surface area contributed by atoms with Crippen molar-refractivity contribution in [3.8, 4) is 5.75 Å². The molecular formula is C8H9NO3. The minimum Gasteiger partial charge on any atom is -0.491 e. The molecule has 1 rings (SSSR count). The lowest BCUT2D eigenvalue weighted by atomic mass is 10.2. The molecule has 0 aromatic carbocycles. The number of Topliss-reactive ketones (excluding diaryl/α,β-unsaturated/α-hetero) is 1. The highest BCUT2D eigenvalue weighted by atomic mass is 16.5. The Morgan fingerprint density at radius 2 is 2.17 bits per heavy atom. The van der Waals surface area contributed by atoms with Gasteiger partial charge in [0, 0.05) is 12.4 Å². The summed E-state index contributed by atoms with van der Waals surface area (Å²) in [5.41, 5.74) is -0.252. The molecule has 1 aromatic heterocycles. The van der Waals surface area contributed by atoms with Crippen molar-refractivity contribution < 1.29 is 9.53 Å². The Labute approximate surface area is 69.2 Å². The third-order valence-electron chi connectivity index (χ3n) is 1.51. The molecule has 4 heteroatoms. The summed E-state index contributed by atoms with van der Waals surface area (Å²) in [6.07, 6.45) is 2.78. The second kappa shape index (κ2) is 3.21. The van der Waals surface area contributed by atoms with Crippen molar-refractivity contribution in [1.29, 1.82) is 0 Å². The first-order valence-electron chi connectivity index (χ1n) is 3.43. The van der Waals surface area contributed by atoms with Gasteiger partial charge in [0.2, 0.25) is 5.43 Å². The topological polar surface area (TPSA) is 59.2 Å². The van der Waals surface area contributed by atoms with Crippen LogP contribution in [-0.4, -0.2) is 17.9 Å². The van der Waals surface area contributed by atoms with Gasteiger partial charge in [-0.05, 0) is 6.92 Å². The number of aromatic amines is 1. The number of H-pyrrole nitrogens is 1. The van der Waals surface area contributed by atoms with Gasteiger partial charge in [0.25, 0.3) is 0 Å². The standard InChI is InChI=1S/C8H9NO3/c1-5(10)6-3-9-4-7(12-2)8(6)11/h3-4H,1-2H3,(H,9,11). The number of carbonyl (C=O) groups is 1. The third-order valence-corrected chi connectivity index (χ3v) is 1.51. The molecule has 0 bridgehead atoms. The Morgan fingerprint density at radius 3 is 2.67 bits per heavy atom. The molecule has 64 valence electrons. The number of ether oxygens (including phenoxy) is 1. The highest BCUT2D eigenvalue weighted by Gasteiger charge is 2.08. The van der Waals surface area contributed by atoms with Gasteiger partial charge in [0.05, 0.1) is 12.7 Å². The van der Waals surface area contributed by atoms with Crippen molar-refractivity contribution in [1.82, 2.24) is 4.98 Å². The first kappa shape index (κ1) is 8.52. The van der Waals surface area contributed by atoms with Crippen molar-refractivity contribution in [2.24, 2.45) is 0 Å². The minimum atomic E-state index is -0.372. The van der Waals surface area contributed by atoms with E-state index in [9.17, 15) is 9.59 Å². The van der Waals surface area contributed by atoms with E-state index in [0.29, 0.717) is 0 Å². The van der Waals surface area contributed by atoms with Crippen LogP contribution in [0.15, 0.2) is 17.2 Å². The molecule has 12 heavy (non-hydrogen) atoms. The molecule has 0 saturated carbocycles. The van der Waals surface area contributed by atoms with Gasteiger partial charge < -0.3 is 9.72 Å². The highest BCUT2D eigenvalue weighted by molar-refractivity contribution is 5.93. The van der Waals surface area contributed by atoms with Crippen LogP contribution >= 0.6 is 0 Å². The summed E-state index contributed by atoms with van der Waals surface area (Å²) in [6, 6.07) is 0. The first-order valence-corrected chi connectivity index (χ1v) is 3.43. The van der Waals surface area contributed by atoms with Crippen LogP contribution in [0.1, 0.15) is 17.3 Å². The van der Waals surface area contributed by atoms with E-state index in [1.807, 2.05) is 0 Å². The van der Waals surface area contributed by atoms with Crippen molar-refractivity contribution in [2.45, 2.75) is 6.92 Å². The Morgan fingerprint density at radius 1 is 1.50 bits per heavy atom. The average Bonchev–Trinajstić information content (AvgIpc) is 2.04. The second-order valence-corrected chi connectivity index (χ2v) is 2.32. The molecule has 0 aliphatic heterocycles. The number of ketones is 1. The number of rotatable bonds is 2. The van der Waals surface area contributed by atoms with E-state index in [0.717, 1.165) is 0 Å². The van der Waals surface area contributed by atoms with E-state index in [4.69, 9.17) is 4.74 Å². The molecule has 4 nitrogen and oxygen atoms in total. The van der Waals surface area contributed by atoms with E-state index in [2.05, 4.69) is 4.98 Å². The number of pyridine rings is 1. The normalized spacial score (nSPS) is 9.50. The van der Waals surface area contributed by atoms with Crippen LogP contribution in [0.2, 0.25) is 0 Å². The van der Waals surface area contributed by atoms with Crippen LogP contribution in [0, 0.1) is 0 Å². The molecule has 1 N–H and O–H groups in total. The summed E-state index contributed by atoms with van der Waals surface area (Å²) < 4.78 is 4.74. The number of hydrogen-bond acceptors (Lipinski definition) is 3. The van der Waals surface area contributed by atoms with Gasteiger partial charge >= 0.3 is 0 Å². The van der Waals surface area contributed by atoms with Crippen molar-refractivity contribution in [3.05, 3.63) is 28.2 Å². The van der Waals surface area contributed by atoms with Crippen LogP contribution in [0.3, 0.4) is 0 Å². The molecule has 0 aliphatic carbocycles. The van der Waals surface area contributed by atoms with Gasteiger partial charge in [-0.15, -0.1) is 0 Å². The Balaban J connectivity index is 3.33. The first-order chi connectivity index (χ1) is 5.66. The Bertz CT molecular complexity index is 354. The maximum atomic E-state index is 11.3. The molecule has 0 unspecified atom stereocenters. The van der Waals surface area contributed by atoms with Crippen LogP contribution in [0.25, 0.3) is 0 Å². The summed E-state index contributed by atoms with van der Waals surface area (Å²) in [5, 5.41) is 0. The van der Waals surface area contributed by atoms with Crippen LogP contribution < -0.4 is 10.2 Å². The molecule has 1 heterocycles. The number of hydrogen-bond donors (Lipinski definition) is 1. The zero-order valence-electron chi connectivity index (χ0n) is 6.88. The van der Waals surface area contributed by atoms with E-state index < -0.39 is 0 Å². The molecule has 0 atom stereocenters. The van der Waals surface area contributed by atoms with E-state index in [1.165, 1.54) is 26.4 Å². The molecule has 0 aliphatic rings. The highest BCUT2D eigenvalue weighted by Crippen LogP contribution is 2.01. The predicted octanol–water partition coefficient (Wildman–Crippen LogP) is 0.586. The zero-order chi connectivity index (χ0) is 9.14. The molecule has 1 aromatic rings. The summed E-state index contributed by atoms with van der Waals surface area (Å²) in [4.78, 5) is 24.8. The van der Waals surface area contributed by atoms with Gasteiger partial charge in [0.15, 0.2) is 11.5 Å². The number of carbonyl (C=O) groups excluding carboxylic acids is 1. The lowest BCUT2D eigenvalue weighted by molar-refractivity contribution is 0.101. The van der Waals surface area contributed by atoms with Crippen LogP contribution in [0.5, 0.6) is 5.75 Å². The predicted molar refractivity (Wildman–Crippen MR) is 43.6 cm³/mol. The quantitative estimate of drug-likeness (QED) is 0.655. The lowest BCUT2D eigenvalue weighted by Gasteiger charge is -1.99. The Hall–Kier alpha value is -1.58. The molecular weight excluding hydrogens is 158 g/mol. The number of aromatic nitrogens is 1. The average molecular weight is 167 g/mol. The monoisotopic (exact) mass is 167 g/mol. The van der Waals surface area contributed by atoms with Gasteiger partial charge in [-0.2, -0.15) is 0 Å². The summed E-state index contributed by atoms with van der Waals surface area (Å²) in [7, 11) is 1.38. The number of nitrogens with one attached hydrogen (secondary N) is 1. The van der Waals surface area contributed by atoms with Gasteiger partial charge in [0.1, 0.15) is 0 Å². The SMILES string of the molecule is COc1c[nH]cc(C(C)=O)c1=O. The van der Waals surface area contributed by atoms with Crippen LogP contribution in [-0.2, 0) is 0 Å². The molecule has 0 spiro atoms. The summed E-state index contributed by atoms with van der Waals surface area (Å²) in [5.74, 6) is -0.113. The molecule has 0 amide bonds. The maximum absolute atomic E-state index is 11.3. The number of methoxy groups -OCH3 is 1. The molecule has 0 fully saturated rings. The second-order valence-electron chi connectivity index (χ2n) is 2.32. The summed E-state index contributed by atoms with van der Waals surface area (Å²) in [6.45, 7) is 1.34.